The highest BCUT2D eigenvalue weighted by molar-refractivity contribution is 5.51. The highest BCUT2D eigenvalue weighted by atomic mass is 16.5. The Bertz CT molecular complexity index is 411. The lowest BCUT2D eigenvalue weighted by molar-refractivity contribution is -0.140. The normalized spacial score (nSPS) is 43.3. The first-order valence-corrected chi connectivity index (χ1v) is 7.86. The van der Waals surface area contributed by atoms with Crippen LogP contribution < -0.4 is 0 Å². The maximum atomic E-state index is 11.7. The van der Waals surface area contributed by atoms with Gasteiger partial charge in [-0.05, 0) is 31.6 Å². The number of piperidine rings is 1. The van der Waals surface area contributed by atoms with E-state index in [1.807, 2.05) is 0 Å². The van der Waals surface area contributed by atoms with Crippen molar-refractivity contribution < 1.29 is 9.53 Å². The van der Waals surface area contributed by atoms with Crippen molar-refractivity contribution in [2.45, 2.75) is 68.6 Å². The van der Waals surface area contributed by atoms with Gasteiger partial charge in [0.15, 0.2) is 0 Å². The summed E-state index contributed by atoms with van der Waals surface area (Å²) >= 11 is 0. The van der Waals surface area contributed by atoms with Gasteiger partial charge in [-0.2, -0.15) is 0 Å². The highest BCUT2D eigenvalue weighted by Gasteiger charge is 2.58. The fourth-order valence-electron chi connectivity index (χ4n) is 4.98. The molecule has 0 aromatic heterocycles. The number of fused-ring (bicyclic) bond motifs is 1. The minimum atomic E-state index is -0.136. The third kappa shape index (κ3) is 1.63. The molecule has 0 N–H and O–H groups in total. The van der Waals surface area contributed by atoms with E-state index in [4.69, 9.17) is 4.74 Å². The van der Waals surface area contributed by atoms with Crippen molar-refractivity contribution in [2.24, 2.45) is 5.92 Å². The van der Waals surface area contributed by atoms with E-state index in [1.165, 1.54) is 44.9 Å². The van der Waals surface area contributed by atoms with Crippen LogP contribution in [0.25, 0.3) is 0 Å². The molecule has 1 amide bonds. The minimum Gasteiger partial charge on any atom is -0.361 e. The van der Waals surface area contributed by atoms with Crippen LogP contribution in [0.15, 0.2) is 12.2 Å². The molecule has 3 heterocycles. The molecule has 3 nitrogen and oxygen atoms in total. The summed E-state index contributed by atoms with van der Waals surface area (Å²) < 4.78 is 6.15. The Balaban J connectivity index is 1.66. The summed E-state index contributed by atoms with van der Waals surface area (Å²) in [4.78, 5) is 13.8. The average molecular weight is 261 g/mol. The predicted molar refractivity (Wildman–Crippen MR) is 72.7 cm³/mol. The van der Waals surface area contributed by atoms with Gasteiger partial charge in [-0.1, -0.05) is 37.8 Å². The summed E-state index contributed by atoms with van der Waals surface area (Å²) in [5, 5.41) is 0. The van der Waals surface area contributed by atoms with Gasteiger partial charge < -0.3 is 9.64 Å². The average Bonchev–Trinajstić information content (AvgIpc) is 2.88. The van der Waals surface area contributed by atoms with Crippen LogP contribution in [0.2, 0.25) is 0 Å². The van der Waals surface area contributed by atoms with E-state index in [1.54, 1.807) is 0 Å². The largest absolute Gasteiger partial charge is 0.361 e. The Hall–Kier alpha value is -0.830. The van der Waals surface area contributed by atoms with Crippen LogP contribution in [0, 0.1) is 5.92 Å². The molecule has 2 saturated heterocycles. The molecule has 3 aliphatic heterocycles. The van der Waals surface area contributed by atoms with Crippen LogP contribution >= 0.6 is 0 Å². The first-order chi connectivity index (χ1) is 9.26. The number of ether oxygens (including phenoxy) is 1. The number of amides is 1. The zero-order valence-electron chi connectivity index (χ0n) is 11.5. The third-order valence-electron chi connectivity index (χ3n) is 5.99. The van der Waals surface area contributed by atoms with Crippen molar-refractivity contribution in [1.29, 1.82) is 0 Å². The lowest BCUT2D eigenvalue weighted by atomic mass is 9.68. The SMILES string of the molecule is O=CN1C[C@]23C=C[C@@H](C[C@@H]2CC12CCCCCC2)O3. The van der Waals surface area contributed by atoms with Gasteiger partial charge in [0.2, 0.25) is 6.41 Å². The van der Waals surface area contributed by atoms with Crippen LogP contribution in [0.3, 0.4) is 0 Å². The minimum absolute atomic E-state index is 0.136. The van der Waals surface area contributed by atoms with Crippen molar-refractivity contribution in [3.63, 3.8) is 0 Å². The number of rotatable bonds is 1. The van der Waals surface area contributed by atoms with Gasteiger partial charge in [0, 0.05) is 5.54 Å². The third-order valence-corrected chi connectivity index (χ3v) is 5.99. The molecule has 3 fully saturated rings. The summed E-state index contributed by atoms with van der Waals surface area (Å²) in [6, 6.07) is 0. The standard InChI is InChI=1S/C16H23NO2/c18-12-17-11-16-8-5-14(19-16)9-13(16)10-15(17)6-3-1-2-4-7-15/h5,8,12-14H,1-4,6-7,9-11H2/t13-,14+,16-/m1/s1. The fraction of sp³-hybridized carbons (Fsp3) is 0.812. The fourth-order valence-corrected chi connectivity index (χ4v) is 4.98. The van der Waals surface area contributed by atoms with Crippen molar-refractivity contribution in [3.05, 3.63) is 12.2 Å². The van der Waals surface area contributed by atoms with Crippen molar-refractivity contribution in [1.82, 2.24) is 4.90 Å². The Labute approximate surface area is 115 Å². The van der Waals surface area contributed by atoms with Gasteiger partial charge in [-0.15, -0.1) is 0 Å². The van der Waals surface area contributed by atoms with Crippen molar-refractivity contribution in [2.75, 3.05) is 6.54 Å². The lowest BCUT2D eigenvalue weighted by Gasteiger charge is -2.53. The van der Waals surface area contributed by atoms with E-state index in [0.717, 1.165) is 19.4 Å². The van der Waals surface area contributed by atoms with Gasteiger partial charge in [0.05, 0.1) is 12.6 Å². The van der Waals surface area contributed by atoms with E-state index < -0.39 is 0 Å². The van der Waals surface area contributed by atoms with E-state index in [9.17, 15) is 4.79 Å². The monoisotopic (exact) mass is 261 g/mol. The Morgan fingerprint density at radius 3 is 2.68 bits per heavy atom. The van der Waals surface area contributed by atoms with Crippen molar-refractivity contribution in [3.8, 4) is 0 Å². The number of nitrogens with zero attached hydrogens (tertiary/aromatic N) is 1. The molecule has 2 bridgehead atoms. The second-order valence-corrected chi connectivity index (χ2v) is 6.98. The van der Waals surface area contributed by atoms with Gasteiger partial charge >= 0.3 is 0 Å². The van der Waals surface area contributed by atoms with Gasteiger partial charge in [-0.25, -0.2) is 0 Å². The highest BCUT2D eigenvalue weighted by Crippen LogP contribution is 2.53. The molecule has 1 aliphatic carbocycles. The van der Waals surface area contributed by atoms with Crippen LogP contribution in [0.1, 0.15) is 51.4 Å². The Morgan fingerprint density at radius 1 is 1.21 bits per heavy atom. The molecule has 0 aromatic rings. The van der Waals surface area contributed by atoms with E-state index >= 15 is 0 Å². The number of carbonyl (C=O) groups excluding carboxylic acids is 1. The Morgan fingerprint density at radius 2 is 2.00 bits per heavy atom. The summed E-state index contributed by atoms with van der Waals surface area (Å²) in [6.45, 7) is 0.786. The summed E-state index contributed by atoms with van der Waals surface area (Å²) in [6.07, 6.45) is 15.8. The number of carbonyl (C=O) groups is 1. The summed E-state index contributed by atoms with van der Waals surface area (Å²) in [7, 11) is 0. The van der Waals surface area contributed by atoms with Gasteiger partial charge in [0.1, 0.15) is 5.60 Å². The first kappa shape index (κ1) is 12.0. The van der Waals surface area contributed by atoms with Crippen LogP contribution in [0.5, 0.6) is 0 Å². The molecule has 19 heavy (non-hydrogen) atoms. The summed E-state index contributed by atoms with van der Waals surface area (Å²) in [5.74, 6) is 0.636. The zero-order valence-corrected chi connectivity index (χ0v) is 11.5. The predicted octanol–water partition coefficient (Wildman–Crippen LogP) is 2.66. The molecular formula is C16H23NO2. The maximum absolute atomic E-state index is 11.7. The van der Waals surface area contributed by atoms with E-state index in [-0.39, 0.29) is 11.1 Å². The smallest absolute Gasteiger partial charge is 0.210 e. The molecule has 0 radical (unpaired) electrons. The molecule has 3 atom stereocenters. The maximum Gasteiger partial charge on any atom is 0.210 e. The number of likely N-dealkylation sites (tertiary alicyclic amines) is 1. The van der Waals surface area contributed by atoms with Crippen LogP contribution in [0.4, 0.5) is 0 Å². The number of hydrogen-bond donors (Lipinski definition) is 0. The molecule has 3 heteroatoms. The second kappa shape index (κ2) is 4.08. The molecule has 4 aliphatic rings. The topological polar surface area (TPSA) is 29.5 Å². The van der Waals surface area contributed by atoms with Crippen LogP contribution in [-0.2, 0) is 9.53 Å². The van der Waals surface area contributed by atoms with Gasteiger partial charge in [-0.3, -0.25) is 4.79 Å². The summed E-state index contributed by atoms with van der Waals surface area (Å²) in [5.41, 5.74) is 0.0129. The molecule has 0 aromatic carbocycles. The number of hydrogen-bond acceptors (Lipinski definition) is 2. The van der Waals surface area contributed by atoms with E-state index in [2.05, 4.69) is 17.1 Å². The zero-order chi connectivity index (χ0) is 12.9. The molecule has 0 unspecified atom stereocenters. The first-order valence-electron chi connectivity index (χ1n) is 7.86. The molecule has 104 valence electrons. The van der Waals surface area contributed by atoms with Crippen molar-refractivity contribution >= 4 is 6.41 Å². The molecule has 1 saturated carbocycles. The second-order valence-electron chi connectivity index (χ2n) is 6.98. The lowest BCUT2D eigenvalue weighted by Crippen LogP contribution is -2.61. The van der Waals surface area contributed by atoms with Gasteiger partial charge in [0.25, 0.3) is 0 Å². The molecular weight excluding hydrogens is 238 g/mol. The molecule has 2 spiro atoms. The van der Waals surface area contributed by atoms with E-state index in [0.29, 0.717) is 12.0 Å². The quantitative estimate of drug-likeness (QED) is 0.536. The van der Waals surface area contributed by atoms with Crippen LogP contribution in [-0.4, -0.2) is 35.1 Å². The molecule has 4 rings (SSSR count). The Kier molecular flexibility index (Phi) is 2.57.